The Morgan fingerprint density at radius 2 is 2.00 bits per heavy atom. The van der Waals surface area contributed by atoms with E-state index < -0.39 is 15.8 Å². The van der Waals surface area contributed by atoms with Crippen LogP contribution in [0.1, 0.15) is 5.56 Å². The number of rotatable bonds is 5. The molecule has 1 heterocycles. The van der Waals surface area contributed by atoms with Gasteiger partial charge in [-0.2, -0.15) is 0 Å². The van der Waals surface area contributed by atoms with Crippen LogP contribution < -0.4 is 16.0 Å². The van der Waals surface area contributed by atoms with Crippen LogP contribution in [0.2, 0.25) is 0 Å². The number of halogens is 1. The molecule has 0 radical (unpaired) electrons. The van der Waals surface area contributed by atoms with Crippen LogP contribution in [0.4, 0.5) is 10.1 Å². The van der Waals surface area contributed by atoms with Gasteiger partial charge in [0.15, 0.2) is 0 Å². The number of hydrogen-bond donors (Lipinski definition) is 3. The van der Waals surface area contributed by atoms with E-state index in [-0.39, 0.29) is 22.7 Å². The van der Waals surface area contributed by atoms with E-state index in [0.717, 1.165) is 0 Å². The monoisotopic (exact) mass is 296 g/mol. The summed E-state index contributed by atoms with van der Waals surface area (Å²) in [5.74, 6) is 4.78. The van der Waals surface area contributed by atoms with Gasteiger partial charge in [-0.15, -0.1) is 0 Å². The highest BCUT2D eigenvalue weighted by Gasteiger charge is 2.18. The molecular weight excluding hydrogens is 283 g/mol. The Morgan fingerprint density at radius 3 is 2.70 bits per heavy atom. The van der Waals surface area contributed by atoms with Crippen LogP contribution in [0.3, 0.4) is 0 Å². The number of nitrogens with zero attached hydrogens (tertiary/aromatic N) is 1. The molecule has 106 valence electrons. The molecule has 0 amide bonds. The highest BCUT2D eigenvalue weighted by molar-refractivity contribution is 7.89. The molecule has 0 aliphatic rings. The molecule has 0 fully saturated rings. The summed E-state index contributed by atoms with van der Waals surface area (Å²) in [5, 5.41) is 0. The number of benzene rings is 1. The summed E-state index contributed by atoms with van der Waals surface area (Å²) in [4.78, 5) is 3.65. The second-order valence-corrected chi connectivity index (χ2v) is 5.67. The molecule has 4 N–H and O–H groups in total. The lowest BCUT2D eigenvalue weighted by molar-refractivity contribution is 0.574. The zero-order valence-corrected chi connectivity index (χ0v) is 11.2. The molecule has 1 aromatic carbocycles. The zero-order chi connectivity index (χ0) is 14.6. The number of hydrogen-bond acceptors (Lipinski definition) is 5. The van der Waals surface area contributed by atoms with Crippen molar-refractivity contribution in [1.82, 2.24) is 9.71 Å². The normalized spacial score (nSPS) is 11.3. The SMILES string of the molecule is NNc1ccncc1S(=O)(=O)NCc1ccccc1F. The Morgan fingerprint density at radius 1 is 1.25 bits per heavy atom. The van der Waals surface area contributed by atoms with Crippen LogP contribution >= 0.6 is 0 Å². The molecule has 2 aromatic rings. The Hall–Kier alpha value is -2.03. The molecule has 0 aliphatic carbocycles. The second kappa shape index (κ2) is 5.95. The van der Waals surface area contributed by atoms with Crippen molar-refractivity contribution < 1.29 is 12.8 Å². The van der Waals surface area contributed by atoms with Crippen molar-refractivity contribution >= 4 is 15.7 Å². The fourth-order valence-electron chi connectivity index (χ4n) is 1.61. The van der Waals surface area contributed by atoms with E-state index in [1.54, 1.807) is 6.07 Å². The van der Waals surface area contributed by atoms with Crippen LogP contribution in [0.15, 0.2) is 47.6 Å². The van der Waals surface area contributed by atoms with E-state index in [0.29, 0.717) is 0 Å². The highest BCUT2D eigenvalue weighted by Crippen LogP contribution is 2.18. The summed E-state index contributed by atoms with van der Waals surface area (Å²) in [7, 11) is -3.84. The van der Waals surface area contributed by atoms with Crippen LogP contribution in [-0.4, -0.2) is 13.4 Å². The van der Waals surface area contributed by atoms with E-state index in [4.69, 9.17) is 5.84 Å². The molecule has 0 bridgehead atoms. The zero-order valence-electron chi connectivity index (χ0n) is 10.4. The summed E-state index contributed by atoms with van der Waals surface area (Å²) in [5.41, 5.74) is 2.74. The van der Waals surface area contributed by atoms with Crippen molar-refractivity contribution in [2.45, 2.75) is 11.4 Å². The first-order chi connectivity index (χ1) is 9.54. The van der Waals surface area contributed by atoms with E-state index in [2.05, 4.69) is 15.1 Å². The third-order valence-electron chi connectivity index (χ3n) is 2.64. The minimum atomic E-state index is -3.84. The molecule has 0 atom stereocenters. The van der Waals surface area contributed by atoms with Gasteiger partial charge < -0.3 is 5.43 Å². The third-order valence-corrected chi connectivity index (χ3v) is 4.07. The van der Waals surface area contributed by atoms with Gasteiger partial charge in [0, 0.05) is 24.5 Å². The maximum Gasteiger partial charge on any atom is 0.244 e. The van der Waals surface area contributed by atoms with Gasteiger partial charge >= 0.3 is 0 Å². The lowest BCUT2D eigenvalue weighted by atomic mass is 10.2. The van der Waals surface area contributed by atoms with Crippen molar-refractivity contribution in [2.75, 3.05) is 5.43 Å². The number of anilines is 1. The fourth-order valence-corrected chi connectivity index (χ4v) is 2.72. The van der Waals surface area contributed by atoms with Gasteiger partial charge in [-0.1, -0.05) is 18.2 Å². The maximum absolute atomic E-state index is 13.4. The molecule has 8 heteroatoms. The molecule has 0 aliphatic heterocycles. The van der Waals surface area contributed by atoms with Crippen molar-refractivity contribution in [3.63, 3.8) is 0 Å². The summed E-state index contributed by atoms with van der Waals surface area (Å²) >= 11 is 0. The molecule has 0 spiro atoms. The lowest BCUT2D eigenvalue weighted by Crippen LogP contribution is -2.25. The fraction of sp³-hybridized carbons (Fsp3) is 0.0833. The minimum Gasteiger partial charge on any atom is -0.323 e. The van der Waals surface area contributed by atoms with E-state index in [1.165, 1.54) is 36.7 Å². The average molecular weight is 296 g/mol. The van der Waals surface area contributed by atoms with Crippen molar-refractivity contribution in [3.05, 3.63) is 54.1 Å². The van der Waals surface area contributed by atoms with E-state index in [1.807, 2.05) is 0 Å². The number of pyridine rings is 1. The maximum atomic E-state index is 13.4. The number of aromatic nitrogens is 1. The van der Waals surface area contributed by atoms with E-state index >= 15 is 0 Å². The number of nitrogen functional groups attached to an aromatic ring is 1. The number of sulfonamides is 1. The summed E-state index contributed by atoms with van der Waals surface area (Å²) in [6.45, 7) is -0.159. The molecule has 0 saturated heterocycles. The number of nitrogens with one attached hydrogen (secondary N) is 2. The first kappa shape index (κ1) is 14.4. The second-order valence-electron chi connectivity index (χ2n) is 3.93. The molecule has 0 unspecified atom stereocenters. The van der Waals surface area contributed by atoms with E-state index in [9.17, 15) is 12.8 Å². The highest BCUT2D eigenvalue weighted by atomic mass is 32.2. The smallest absolute Gasteiger partial charge is 0.244 e. The standard InChI is InChI=1S/C12H13FN4O2S/c13-10-4-2-1-3-9(10)7-16-20(18,19)12-8-15-6-5-11(12)17-14/h1-6,8,16H,7,14H2,(H,15,17). The quantitative estimate of drug-likeness (QED) is 0.564. The number of hydrazine groups is 1. The Labute approximate surface area is 115 Å². The molecular formula is C12H13FN4O2S. The van der Waals surface area contributed by atoms with Gasteiger partial charge in [0.1, 0.15) is 10.7 Å². The van der Waals surface area contributed by atoms with Gasteiger partial charge in [0.05, 0.1) is 5.69 Å². The summed E-state index contributed by atoms with van der Waals surface area (Å²) < 4.78 is 40.0. The van der Waals surface area contributed by atoms with Crippen molar-refractivity contribution in [3.8, 4) is 0 Å². The molecule has 6 nitrogen and oxygen atoms in total. The van der Waals surface area contributed by atoms with Crippen molar-refractivity contribution in [1.29, 1.82) is 0 Å². The Balaban J connectivity index is 2.22. The first-order valence-electron chi connectivity index (χ1n) is 5.68. The van der Waals surface area contributed by atoms with Crippen LogP contribution in [0.25, 0.3) is 0 Å². The minimum absolute atomic E-state index is 0.0983. The predicted molar refractivity (Wildman–Crippen MR) is 72.5 cm³/mol. The van der Waals surface area contributed by atoms with Crippen LogP contribution in [-0.2, 0) is 16.6 Å². The lowest BCUT2D eigenvalue weighted by Gasteiger charge is -2.10. The molecule has 1 aromatic heterocycles. The summed E-state index contributed by atoms with van der Waals surface area (Å²) in [6.07, 6.45) is 2.57. The van der Waals surface area contributed by atoms with Crippen LogP contribution in [0.5, 0.6) is 0 Å². The first-order valence-corrected chi connectivity index (χ1v) is 7.16. The third kappa shape index (κ3) is 3.10. The van der Waals surface area contributed by atoms with Gasteiger partial charge in [0.25, 0.3) is 0 Å². The Kier molecular flexibility index (Phi) is 4.28. The Bertz CT molecular complexity index is 706. The largest absolute Gasteiger partial charge is 0.323 e. The van der Waals surface area contributed by atoms with Crippen molar-refractivity contribution in [2.24, 2.45) is 5.84 Å². The summed E-state index contributed by atoms with van der Waals surface area (Å²) in [6, 6.07) is 7.36. The van der Waals surface area contributed by atoms with Gasteiger partial charge in [-0.3, -0.25) is 10.8 Å². The molecule has 2 rings (SSSR count). The van der Waals surface area contributed by atoms with Gasteiger partial charge in [-0.25, -0.2) is 17.5 Å². The topological polar surface area (TPSA) is 97.1 Å². The molecule has 0 saturated carbocycles. The van der Waals surface area contributed by atoms with Gasteiger partial charge in [0.2, 0.25) is 10.0 Å². The molecule has 20 heavy (non-hydrogen) atoms. The van der Waals surface area contributed by atoms with Gasteiger partial charge in [-0.05, 0) is 12.1 Å². The van der Waals surface area contributed by atoms with Crippen LogP contribution in [0, 0.1) is 5.82 Å². The average Bonchev–Trinajstić information content (AvgIpc) is 2.46. The number of nitrogens with two attached hydrogens (primary N) is 1. The predicted octanol–water partition coefficient (Wildman–Crippen LogP) is 0.985.